The summed E-state index contributed by atoms with van der Waals surface area (Å²) in [5.74, 6) is -0.337. The molecule has 0 aromatic heterocycles. The molecule has 0 heterocycles. The molecule has 1 N–H and O–H groups in total. The first-order valence-electron chi connectivity index (χ1n) is 6.41. The summed E-state index contributed by atoms with van der Waals surface area (Å²) in [4.78, 5) is 0. The van der Waals surface area contributed by atoms with Gasteiger partial charge in [-0.2, -0.15) is 0 Å². The van der Waals surface area contributed by atoms with Gasteiger partial charge in [-0.3, -0.25) is 0 Å². The van der Waals surface area contributed by atoms with E-state index in [1.165, 1.54) is 12.1 Å². The highest BCUT2D eigenvalue weighted by molar-refractivity contribution is 5.35. The highest BCUT2D eigenvalue weighted by Crippen LogP contribution is 2.24. The third kappa shape index (κ3) is 3.54. The van der Waals surface area contributed by atoms with Gasteiger partial charge in [0, 0.05) is 24.2 Å². The Kier molecular flexibility index (Phi) is 4.69. The molecule has 0 aliphatic rings. The van der Waals surface area contributed by atoms with Gasteiger partial charge in [0.25, 0.3) is 0 Å². The van der Waals surface area contributed by atoms with Crippen molar-refractivity contribution in [1.29, 1.82) is 0 Å². The second-order valence-corrected chi connectivity index (χ2v) is 4.62. The lowest BCUT2D eigenvalue weighted by Crippen LogP contribution is -2.18. The highest BCUT2D eigenvalue weighted by atomic mass is 19.1. The van der Waals surface area contributed by atoms with E-state index in [9.17, 15) is 8.78 Å². The molecule has 2 aromatic rings. The lowest BCUT2D eigenvalue weighted by molar-refractivity contribution is 0.401. The van der Waals surface area contributed by atoms with Crippen LogP contribution < -0.4 is 10.1 Å². The van der Waals surface area contributed by atoms with E-state index in [-0.39, 0.29) is 6.04 Å². The number of para-hydroxylation sites is 1. The fraction of sp³-hybridized carbons (Fsp3) is 0.250. The molecule has 20 heavy (non-hydrogen) atoms. The van der Waals surface area contributed by atoms with Gasteiger partial charge in [0.2, 0.25) is 0 Å². The van der Waals surface area contributed by atoms with E-state index in [0.29, 0.717) is 12.1 Å². The van der Waals surface area contributed by atoms with E-state index >= 15 is 0 Å². The van der Waals surface area contributed by atoms with E-state index in [1.807, 2.05) is 31.2 Å². The quantitative estimate of drug-likeness (QED) is 0.897. The number of hydrogen-bond donors (Lipinski definition) is 1. The Morgan fingerprint density at radius 3 is 2.40 bits per heavy atom. The van der Waals surface area contributed by atoms with E-state index in [0.717, 1.165) is 17.4 Å². The van der Waals surface area contributed by atoms with Crippen molar-refractivity contribution in [3.8, 4) is 5.75 Å². The molecule has 0 spiro atoms. The first-order chi connectivity index (χ1) is 9.60. The van der Waals surface area contributed by atoms with E-state index in [2.05, 4.69) is 5.32 Å². The van der Waals surface area contributed by atoms with Crippen LogP contribution in [0, 0.1) is 11.6 Å². The first kappa shape index (κ1) is 14.5. The van der Waals surface area contributed by atoms with Gasteiger partial charge in [-0.1, -0.05) is 18.2 Å². The maximum atomic E-state index is 13.1. The summed E-state index contributed by atoms with van der Waals surface area (Å²) in [5, 5.41) is 3.23. The smallest absolute Gasteiger partial charge is 0.126 e. The lowest BCUT2D eigenvalue weighted by atomic mass is 10.1. The standard InChI is InChI=1S/C16H17F2NO/c1-11(15-5-3-4-6-16(15)20-2)19-10-12-7-13(17)9-14(18)8-12/h3-9,11,19H,10H2,1-2H3/t11-/m1/s1. The number of halogens is 2. The molecule has 0 aliphatic heterocycles. The lowest BCUT2D eigenvalue weighted by Gasteiger charge is -2.17. The second-order valence-electron chi connectivity index (χ2n) is 4.62. The average molecular weight is 277 g/mol. The normalized spacial score (nSPS) is 12.2. The molecule has 0 radical (unpaired) electrons. The Morgan fingerprint density at radius 1 is 1.10 bits per heavy atom. The van der Waals surface area contributed by atoms with E-state index in [4.69, 9.17) is 4.74 Å². The van der Waals surface area contributed by atoms with Crippen molar-refractivity contribution >= 4 is 0 Å². The summed E-state index contributed by atoms with van der Waals surface area (Å²) >= 11 is 0. The van der Waals surface area contributed by atoms with Crippen molar-refractivity contribution in [2.24, 2.45) is 0 Å². The third-order valence-corrected chi connectivity index (χ3v) is 3.14. The summed E-state index contributed by atoms with van der Waals surface area (Å²) in [7, 11) is 1.62. The second kappa shape index (κ2) is 6.48. The monoisotopic (exact) mass is 277 g/mol. The Labute approximate surface area is 117 Å². The Bertz CT molecular complexity index is 566. The van der Waals surface area contributed by atoms with Crippen LogP contribution in [0.25, 0.3) is 0 Å². The van der Waals surface area contributed by atoms with Crippen LogP contribution in [0.15, 0.2) is 42.5 Å². The predicted molar refractivity (Wildman–Crippen MR) is 74.6 cm³/mol. The SMILES string of the molecule is COc1ccccc1[C@@H](C)NCc1cc(F)cc(F)c1. The highest BCUT2D eigenvalue weighted by Gasteiger charge is 2.10. The minimum absolute atomic E-state index is 0.0116. The summed E-state index contributed by atoms with van der Waals surface area (Å²) in [6.07, 6.45) is 0. The Morgan fingerprint density at radius 2 is 1.75 bits per heavy atom. The molecule has 106 valence electrons. The molecule has 2 nitrogen and oxygen atoms in total. The van der Waals surface area contributed by atoms with Gasteiger partial charge in [-0.25, -0.2) is 8.78 Å². The molecular weight excluding hydrogens is 260 g/mol. The van der Waals surface area contributed by atoms with Crippen molar-refractivity contribution in [2.45, 2.75) is 19.5 Å². The van der Waals surface area contributed by atoms with Gasteiger partial charge in [-0.05, 0) is 30.7 Å². The van der Waals surface area contributed by atoms with Crippen molar-refractivity contribution in [3.63, 3.8) is 0 Å². The summed E-state index contributed by atoms with van der Waals surface area (Å²) in [6.45, 7) is 2.36. The number of methoxy groups -OCH3 is 1. The maximum Gasteiger partial charge on any atom is 0.126 e. The molecule has 0 aliphatic carbocycles. The summed E-state index contributed by atoms with van der Waals surface area (Å²) < 4.78 is 31.5. The number of ether oxygens (including phenoxy) is 1. The van der Waals surface area contributed by atoms with Crippen LogP contribution in [0.3, 0.4) is 0 Å². The fourth-order valence-electron chi connectivity index (χ4n) is 2.12. The van der Waals surface area contributed by atoms with Crippen LogP contribution in [0.4, 0.5) is 8.78 Å². The van der Waals surface area contributed by atoms with E-state index < -0.39 is 11.6 Å². The third-order valence-electron chi connectivity index (χ3n) is 3.14. The molecule has 0 bridgehead atoms. The maximum absolute atomic E-state index is 13.1. The Balaban J connectivity index is 2.06. The number of benzene rings is 2. The van der Waals surface area contributed by atoms with Crippen LogP contribution in [0.1, 0.15) is 24.1 Å². The molecule has 1 atom stereocenters. The zero-order valence-electron chi connectivity index (χ0n) is 11.5. The van der Waals surface area contributed by atoms with Crippen LogP contribution >= 0.6 is 0 Å². The van der Waals surface area contributed by atoms with Crippen molar-refractivity contribution in [2.75, 3.05) is 7.11 Å². The minimum Gasteiger partial charge on any atom is -0.496 e. The summed E-state index contributed by atoms with van der Waals surface area (Å²) in [6, 6.07) is 11.2. The average Bonchev–Trinajstić information content (AvgIpc) is 2.43. The van der Waals surface area contributed by atoms with Crippen LogP contribution in [0.2, 0.25) is 0 Å². The largest absolute Gasteiger partial charge is 0.496 e. The fourth-order valence-corrected chi connectivity index (χ4v) is 2.12. The molecule has 2 aromatic carbocycles. The topological polar surface area (TPSA) is 21.3 Å². The van der Waals surface area contributed by atoms with Crippen LogP contribution in [-0.4, -0.2) is 7.11 Å². The van der Waals surface area contributed by atoms with E-state index in [1.54, 1.807) is 7.11 Å². The number of hydrogen-bond acceptors (Lipinski definition) is 2. The summed E-state index contributed by atoms with van der Waals surface area (Å²) in [5.41, 5.74) is 1.58. The van der Waals surface area contributed by atoms with Gasteiger partial charge in [0.05, 0.1) is 7.11 Å². The molecule has 2 rings (SSSR count). The zero-order chi connectivity index (χ0) is 14.5. The van der Waals surface area contributed by atoms with Crippen LogP contribution in [-0.2, 0) is 6.54 Å². The van der Waals surface area contributed by atoms with Crippen molar-refractivity contribution in [3.05, 3.63) is 65.2 Å². The van der Waals surface area contributed by atoms with Gasteiger partial charge < -0.3 is 10.1 Å². The Hall–Kier alpha value is -1.94. The number of nitrogens with one attached hydrogen (secondary N) is 1. The molecule has 0 unspecified atom stereocenters. The molecule has 0 saturated heterocycles. The molecule has 0 saturated carbocycles. The van der Waals surface area contributed by atoms with Gasteiger partial charge in [0.1, 0.15) is 17.4 Å². The van der Waals surface area contributed by atoms with Crippen LogP contribution in [0.5, 0.6) is 5.75 Å². The zero-order valence-corrected chi connectivity index (χ0v) is 11.5. The molecular formula is C16H17F2NO. The number of rotatable bonds is 5. The predicted octanol–water partition coefficient (Wildman–Crippen LogP) is 3.82. The first-order valence-corrected chi connectivity index (χ1v) is 6.41. The van der Waals surface area contributed by atoms with Crippen molar-refractivity contribution in [1.82, 2.24) is 5.32 Å². The van der Waals surface area contributed by atoms with Gasteiger partial charge in [0.15, 0.2) is 0 Å². The molecule has 0 amide bonds. The minimum atomic E-state index is -0.563. The van der Waals surface area contributed by atoms with Gasteiger partial charge in [-0.15, -0.1) is 0 Å². The van der Waals surface area contributed by atoms with Crippen molar-refractivity contribution < 1.29 is 13.5 Å². The molecule has 0 fully saturated rings. The van der Waals surface area contributed by atoms with Gasteiger partial charge >= 0.3 is 0 Å². The molecule has 4 heteroatoms.